The fourth-order valence-corrected chi connectivity index (χ4v) is 2.55. The third-order valence-corrected chi connectivity index (χ3v) is 4.24. The molecule has 6 heteroatoms. The van der Waals surface area contributed by atoms with E-state index in [1.807, 2.05) is 32.0 Å². The van der Waals surface area contributed by atoms with E-state index < -0.39 is 6.10 Å². The standard InChI is InChI=1S/C22H28N2O4/c1-15-6-7-16(2)20(14-15)28-17(3)21(25)24-19-10-8-18(9-11-19)22(26)23-12-5-13-27-4/h6-11,14,17H,5,12-13H2,1-4H3,(H,23,26)(H,24,25). The molecule has 0 saturated carbocycles. The number of anilines is 1. The highest BCUT2D eigenvalue weighted by Crippen LogP contribution is 2.21. The number of hydrogen-bond donors (Lipinski definition) is 2. The molecular formula is C22H28N2O4. The van der Waals surface area contributed by atoms with Gasteiger partial charge in [-0.2, -0.15) is 0 Å². The molecule has 2 N–H and O–H groups in total. The Morgan fingerprint density at radius 2 is 1.79 bits per heavy atom. The van der Waals surface area contributed by atoms with Crippen LogP contribution in [0.3, 0.4) is 0 Å². The Morgan fingerprint density at radius 1 is 1.07 bits per heavy atom. The molecule has 1 atom stereocenters. The SMILES string of the molecule is COCCCNC(=O)c1ccc(NC(=O)C(C)Oc2cc(C)ccc2C)cc1. The Bertz CT molecular complexity index is 803. The molecule has 0 aliphatic rings. The molecule has 0 radical (unpaired) electrons. The van der Waals surface area contributed by atoms with Gasteiger partial charge < -0.3 is 20.1 Å². The minimum atomic E-state index is -0.649. The van der Waals surface area contributed by atoms with Crippen LogP contribution in [0, 0.1) is 13.8 Å². The molecule has 2 rings (SSSR count). The number of carbonyl (C=O) groups is 2. The van der Waals surface area contributed by atoms with Gasteiger partial charge in [0.2, 0.25) is 0 Å². The first-order valence-electron chi connectivity index (χ1n) is 9.32. The van der Waals surface area contributed by atoms with E-state index in [0.29, 0.717) is 30.2 Å². The highest BCUT2D eigenvalue weighted by molar-refractivity contribution is 5.96. The number of carbonyl (C=O) groups excluding carboxylic acids is 2. The first-order chi connectivity index (χ1) is 13.4. The van der Waals surface area contributed by atoms with Crippen LogP contribution in [-0.2, 0) is 9.53 Å². The van der Waals surface area contributed by atoms with Crippen LogP contribution in [0.15, 0.2) is 42.5 Å². The third-order valence-electron chi connectivity index (χ3n) is 4.24. The minimum absolute atomic E-state index is 0.152. The van der Waals surface area contributed by atoms with E-state index in [9.17, 15) is 9.59 Å². The largest absolute Gasteiger partial charge is 0.481 e. The molecule has 2 aromatic rings. The van der Waals surface area contributed by atoms with Gasteiger partial charge in [-0.25, -0.2) is 0 Å². The van der Waals surface area contributed by atoms with Crippen molar-refractivity contribution in [3.8, 4) is 5.75 Å². The van der Waals surface area contributed by atoms with Crippen LogP contribution in [0.1, 0.15) is 34.8 Å². The molecule has 0 aliphatic heterocycles. The van der Waals surface area contributed by atoms with Crippen molar-refractivity contribution in [2.24, 2.45) is 0 Å². The van der Waals surface area contributed by atoms with Crippen LogP contribution in [0.25, 0.3) is 0 Å². The maximum Gasteiger partial charge on any atom is 0.265 e. The van der Waals surface area contributed by atoms with Gasteiger partial charge in [0.05, 0.1) is 0 Å². The Morgan fingerprint density at radius 3 is 2.46 bits per heavy atom. The lowest BCUT2D eigenvalue weighted by atomic mass is 10.1. The first kappa shape index (κ1) is 21.4. The van der Waals surface area contributed by atoms with Gasteiger partial charge in [0.15, 0.2) is 6.10 Å². The van der Waals surface area contributed by atoms with Gasteiger partial charge in [-0.3, -0.25) is 9.59 Å². The fourth-order valence-electron chi connectivity index (χ4n) is 2.55. The number of rotatable bonds is 9. The van der Waals surface area contributed by atoms with E-state index in [1.54, 1.807) is 38.3 Å². The summed E-state index contributed by atoms with van der Waals surface area (Å²) in [6.07, 6.45) is 0.110. The summed E-state index contributed by atoms with van der Waals surface area (Å²) in [5, 5.41) is 5.63. The van der Waals surface area contributed by atoms with E-state index in [4.69, 9.17) is 9.47 Å². The molecule has 0 heterocycles. The molecule has 6 nitrogen and oxygen atoms in total. The van der Waals surface area contributed by atoms with Gasteiger partial charge in [0, 0.05) is 31.5 Å². The summed E-state index contributed by atoms with van der Waals surface area (Å²) in [6.45, 7) is 6.79. The zero-order valence-corrected chi connectivity index (χ0v) is 16.9. The predicted molar refractivity (Wildman–Crippen MR) is 110 cm³/mol. The summed E-state index contributed by atoms with van der Waals surface area (Å²) in [5.74, 6) is 0.293. The van der Waals surface area contributed by atoms with Crippen LogP contribution in [0.5, 0.6) is 5.75 Å². The monoisotopic (exact) mass is 384 g/mol. The summed E-state index contributed by atoms with van der Waals surface area (Å²) < 4.78 is 10.7. The molecule has 150 valence electrons. The van der Waals surface area contributed by atoms with Gasteiger partial charge in [-0.1, -0.05) is 12.1 Å². The molecule has 28 heavy (non-hydrogen) atoms. The van der Waals surface area contributed by atoms with Crippen molar-refractivity contribution < 1.29 is 19.1 Å². The number of benzene rings is 2. The minimum Gasteiger partial charge on any atom is -0.481 e. The van der Waals surface area contributed by atoms with Crippen molar-refractivity contribution in [3.05, 3.63) is 59.2 Å². The van der Waals surface area contributed by atoms with Crippen LogP contribution in [-0.4, -0.2) is 38.2 Å². The molecule has 2 amide bonds. The molecule has 2 aromatic carbocycles. The fraction of sp³-hybridized carbons (Fsp3) is 0.364. The van der Waals surface area contributed by atoms with Crippen LogP contribution in [0.4, 0.5) is 5.69 Å². The zero-order chi connectivity index (χ0) is 20.5. The van der Waals surface area contributed by atoms with Gasteiger partial charge in [0.1, 0.15) is 5.75 Å². The van der Waals surface area contributed by atoms with Gasteiger partial charge in [-0.15, -0.1) is 0 Å². The lowest BCUT2D eigenvalue weighted by molar-refractivity contribution is -0.122. The first-order valence-corrected chi connectivity index (χ1v) is 9.32. The Hall–Kier alpha value is -2.86. The smallest absolute Gasteiger partial charge is 0.265 e. The average molecular weight is 384 g/mol. The van der Waals surface area contributed by atoms with Gasteiger partial charge >= 0.3 is 0 Å². The van der Waals surface area contributed by atoms with Crippen LogP contribution in [0.2, 0.25) is 0 Å². The zero-order valence-electron chi connectivity index (χ0n) is 16.9. The second kappa shape index (κ2) is 10.5. The number of ether oxygens (including phenoxy) is 2. The predicted octanol–water partition coefficient (Wildman–Crippen LogP) is 3.48. The van der Waals surface area contributed by atoms with Crippen LogP contribution < -0.4 is 15.4 Å². The second-order valence-electron chi connectivity index (χ2n) is 6.70. The molecule has 0 spiro atoms. The summed E-state index contributed by atoms with van der Waals surface area (Å²) in [6, 6.07) is 12.6. The lowest BCUT2D eigenvalue weighted by Gasteiger charge is -2.17. The van der Waals surface area contributed by atoms with Crippen molar-refractivity contribution in [1.29, 1.82) is 0 Å². The number of methoxy groups -OCH3 is 1. The Labute approximate surface area is 166 Å². The summed E-state index contributed by atoms with van der Waals surface area (Å²) in [7, 11) is 1.63. The van der Waals surface area contributed by atoms with Crippen molar-refractivity contribution in [3.63, 3.8) is 0 Å². The summed E-state index contributed by atoms with van der Waals surface area (Å²) in [4.78, 5) is 24.5. The second-order valence-corrected chi connectivity index (χ2v) is 6.70. The van der Waals surface area contributed by atoms with E-state index in [-0.39, 0.29) is 11.8 Å². The number of amides is 2. The molecule has 0 fully saturated rings. The Balaban J connectivity index is 1.89. The highest BCUT2D eigenvalue weighted by atomic mass is 16.5. The quantitative estimate of drug-likeness (QED) is 0.649. The number of hydrogen-bond acceptors (Lipinski definition) is 4. The van der Waals surface area contributed by atoms with Crippen molar-refractivity contribution in [2.75, 3.05) is 25.6 Å². The average Bonchev–Trinajstić information content (AvgIpc) is 2.68. The topological polar surface area (TPSA) is 76.7 Å². The normalized spacial score (nSPS) is 11.6. The Kier molecular flexibility index (Phi) is 8.02. The van der Waals surface area contributed by atoms with Crippen molar-refractivity contribution in [2.45, 2.75) is 33.3 Å². The molecule has 0 saturated heterocycles. The van der Waals surface area contributed by atoms with E-state index in [1.165, 1.54) is 0 Å². The maximum atomic E-state index is 12.4. The highest BCUT2D eigenvalue weighted by Gasteiger charge is 2.16. The lowest BCUT2D eigenvalue weighted by Crippen LogP contribution is -2.30. The van der Waals surface area contributed by atoms with Gasteiger partial charge in [0.25, 0.3) is 11.8 Å². The van der Waals surface area contributed by atoms with Crippen molar-refractivity contribution >= 4 is 17.5 Å². The maximum absolute atomic E-state index is 12.4. The summed E-state index contributed by atoms with van der Waals surface area (Å²) >= 11 is 0. The van der Waals surface area contributed by atoms with Gasteiger partial charge in [-0.05, 0) is 68.7 Å². The molecule has 0 bridgehead atoms. The molecule has 1 unspecified atom stereocenters. The molecule has 0 aromatic heterocycles. The molecule has 0 aliphatic carbocycles. The van der Waals surface area contributed by atoms with Crippen LogP contribution >= 0.6 is 0 Å². The molecular weight excluding hydrogens is 356 g/mol. The van der Waals surface area contributed by atoms with Crippen molar-refractivity contribution in [1.82, 2.24) is 5.32 Å². The van der Waals surface area contributed by atoms with E-state index in [0.717, 1.165) is 17.5 Å². The van der Waals surface area contributed by atoms with E-state index >= 15 is 0 Å². The number of aryl methyl sites for hydroxylation is 2. The van der Waals surface area contributed by atoms with E-state index in [2.05, 4.69) is 10.6 Å². The third kappa shape index (κ3) is 6.39. The summed E-state index contributed by atoms with van der Waals surface area (Å²) in [5.41, 5.74) is 3.20. The number of nitrogens with one attached hydrogen (secondary N) is 2.